The van der Waals surface area contributed by atoms with E-state index in [1.165, 1.54) is 0 Å². The molecule has 0 unspecified atom stereocenters. The molecule has 3 heterocycles. The lowest BCUT2D eigenvalue weighted by Crippen LogP contribution is -2.28. The molecule has 1 aliphatic rings. The molecule has 1 aromatic carbocycles. The highest BCUT2D eigenvalue weighted by Crippen LogP contribution is 2.21. The van der Waals surface area contributed by atoms with E-state index in [1.54, 1.807) is 10.6 Å². The van der Waals surface area contributed by atoms with Crippen LogP contribution in [0.3, 0.4) is 0 Å². The number of carbonyl (C=O) groups excluding carboxylic acids is 1. The van der Waals surface area contributed by atoms with Gasteiger partial charge in [-0.05, 0) is 31.8 Å². The number of amides is 1. The Labute approximate surface area is 193 Å². The van der Waals surface area contributed by atoms with Crippen molar-refractivity contribution < 1.29 is 32.4 Å². The van der Waals surface area contributed by atoms with Crippen molar-refractivity contribution in [2.75, 3.05) is 18.4 Å². The van der Waals surface area contributed by atoms with E-state index in [4.69, 9.17) is 14.4 Å². The Balaban J connectivity index is 0.000000406. The Kier molecular flexibility index (Phi) is 8.05. The maximum Gasteiger partial charge on any atom is 0.490 e. The number of hydrogen-bond acceptors (Lipinski definition) is 6. The van der Waals surface area contributed by atoms with E-state index < -0.39 is 12.1 Å². The number of carboxylic acids is 1. The summed E-state index contributed by atoms with van der Waals surface area (Å²) in [6.45, 7) is 2.07. The van der Waals surface area contributed by atoms with Crippen LogP contribution in [-0.4, -0.2) is 51.0 Å². The Morgan fingerprint density at radius 1 is 1.24 bits per heavy atom. The van der Waals surface area contributed by atoms with Crippen LogP contribution in [0.5, 0.6) is 0 Å². The van der Waals surface area contributed by atoms with E-state index in [-0.39, 0.29) is 11.6 Å². The number of halogens is 3. The van der Waals surface area contributed by atoms with Gasteiger partial charge in [-0.15, -0.1) is 0 Å². The Morgan fingerprint density at radius 2 is 1.88 bits per heavy atom. The van der Waals surface area contributed by atoms with Gasteiger partial charge in [-0.1, -0.05) is 35.5 Å². The van der Waals surface area contributed by atoms with Crippen molar-refractivity contribution in [1.29, 1.82) is 0 Å². The number of rotatable bonds is 5. The third-order valence-corrected chi connectivity index (χ3v) is 5.15. The zero-order valence-corrected chi connectivity index (χ0v) is 18.3. The summed E-state index contributed by atoms with van der Waals surface area (Å²) < 4.78 is 38.9. The van der Waals surface area contributed by atoms with Gasteiger partial charge in [-0.2, -0.15) is 13.2 Å². The molecule has 1 fully saturated rings. The molecule has 3 aromatic rings. The van der Waals surface area contributed by atoms with Gasteiger partial charge in [-0.3, -0.25) is 10.1 Å². The standard InChI is InChI=1S/C20H23N5O2.C2HF3O2/c1-25-13-18(15-5-3-2-4-6-15)22-20(25)23-19(26)17-12-16(27-24-17)11-14-7-9-21-10-8-14;3-2(4,5)1(6)7/h2-6,12-14,21H,7-11H2,1H3,(H,22,23,26);(H,6,7). The molecule has 4 rings (SSSR count). The van der Waals surface area contributed by atoms with Crippen LogP contribution in [-0.2, 0) is 18.3 Å². The lowest BCUT2D eigenvalue weighted by atomic mass is 9.93. The summed E-state index contributed by atoms with van der Waals surface area (Å²) in [5.74, 6) is -1.26. The fourth-order valence-electron chi connectivity index (χ4n) is 3.38. The van der Waals surface area contributed by atoms with Crippen LogP contribution in [0.25, 0.3) is 11.3 Å². The van der Waals surface area contributed by atoms with Gasteiger partial charge >= 0.3 is 12.1 Å². The van der Waals surface area contributed by atoms with Crippen molar-refractivity contribution in [3.63, 3.8) is 0 Å². The van der Waals surface area contributed by atoms with E-state index in [2.05, 4.69) is 20.8 Å². The minimum absolute atomic E-state index is 0.281. The van der Waals surface area contributed by atoms with E-state index >= 15 is 0 Å². The second kappa shape index (κ2) is 11.0. The van der Waals surface area contributed by atoms with E-state index in [0.717, 1.165) is 49.4 Å². The number of aliphatic carboxylic acids is 1. The molecule has 9 nitrogen and oxygen atoms in total. The first-order chi connectivity index (χ1) is 16.1. The Bertz CT molecular complexity index is 1110. The Morgan fingerprint density at radius 3 is 2.50 bits per heavy atom. The number of carboxylic acid groups (broad SMARTS) is 1. The van der Waals surface area contributed by atoms with Crippen molar-refractivity contribution in [2.24, 2.45) is 13.0 Å². The van der Waals surface area contributed by atoms with E-state index in [1.807, 2.05) is 43.6 Å². The zero-order chi connectivity index (χ0) is 24.7. The van der Waals surface area contributed by atoms with Gasteiger partial charge in [-0.25, -0.2) is 9.78 Å². The van der Waals surface area contributed by atoms with Gasteiger partial charge in [0.25, 0.3) is 5.91 Å². The minimum Gasteiger partial charge on any atom is -0.475 e. The number of nitrogens with one attached hydrogen (secondary N) is 2. The van der Waals surface area contributed by atoms with Crippen LogP contribution in [0, 0.1) is 5.92 Å². The maximum atomic E-state index is 12.5. The van der Waals surface area contributed by atoms with Crippen LogP contribution >= 0.6 is 0 Å². The first kappa shape index (κ1) is 25.0. The molecular weight excluding hydrogens is 455 g/mol. The highest BCUT2D eigenvalue weighted by Gasteiger charge is 2.38. The SMILES string of the molecule is Cn1cc(-c2ccccc2)nc1NC(=O)c1cc(CC2CCNCC2)on1.O=C(O)C(F)(F)F. The number of nitrogens with zero attached hydrogens (tertiary/aromatic N) is 3. The van der Waals surface area contributed by atoms with Crippen molar-refractivity contribution >= 4 is 17.8 Å². The maximum absolute atomic E-state index is 12.5. The monoisotopic (exact) mass is 479 g/mol. The summed E-state index contributed by atoms with van der Waals surface area (Å²) in [6, 6.07) is 11.6. The molecule has 1 aliphatic heterocycles. The molecule has 1 saturated heterocycles. The summed E-state index contributed by atoms with van der Waals surface area (Å²) in [6.07, 6.45) is -0.131. The summed E-state index contributed by atoms with van der Waals surface area (Å²) in [5.41, 5.74) is 2.09. The molecule has 0 aliphatic carbocycles. The lowest BCUT2D eigenvalue weighted by molar-refractivity contribution is -0.192. The van der Waals surface area contributed by atoms with Crippen molar-refractivity contribution in [3.8, 4) is 11.3 Å². The number of anilines is 1. The second-order valence-electron chi connectivity index (χ2n) is 7.76. The fourth-order valence-corrected chi connectivity index (χ4v) is 3.38. The number of aryl methyl sites for hydroxylation is 1. The van der Waals surface area contributed by atoms with Crippen LogP contribution in [0.4, 0.5) is 19.1 Å². The van der Waals surface area contributed by atoms with Crippen LogP contribution in [0.1, 0.15) is 29.1 Å². The molecular formula is C22H24F3N5O4. The highest BCUT2D eigenvalue weighted by molar-refractivity contribution is 6.02. The molecule has 3 N–H and O–H groups in total. The normalized spacial score (nSPS) is 14.2. The predicted octanol–water partition coefficient (Wildman–Crippen LogP) is 3.50. The van der Waals surface area contributed by atoms with E-state index in [0.29, 0.717) is 11.9 Å². The second-order valence-corrected chi connectivity index (χ2v) is 7.76. The molecule has 1 amide bonds. The average Bonchev–Trinajstić information content (AvgIpc) is 3.42. The van der Waals surface area contributed by atoms with Gasteiger partial charge < -0.3 is 19.5 Å². The minimum atomic E-state index is -5.08. The molecule has 0 saturated carbocycles. The smallest absolute Gasteiger partial charge is 0.475 e. The molecule has 2 aromatic heterocycles. The summed E-state index contributed by atoms with van der Waals surface area (Å²) >= 11 is 0. The van der Waals surface area contributed by atoms with Crippen molar-refractivity contribution in [1.82, 2.24) is 20.0 Å². The van der Waals surface area contributed by atoms with Gasteiger partial charge in [0.2, 0.25) is 5.95 Å². The number of imidazole rings is 1. The summed E-state index contributed by atoms with van der Waals surface area (Å²) in [4.78, 5) is 25.9. The fraction of sp³-hybridized carbons (Fsp3) is 0.364. The first-order valence-electron chi connectivity index (χ1n) is 10.5. The third kappa shape index (κ3) is 6.91. The first-order valence-corrected chi connectivity index (χ1v) is 10.5. The summed E-state index contributed by atoms with van der Waals surface area (Å²) in [5, 5.41) is 17.2. The largest absolute Gasteiger partial charge is 0.490 e. The lowest BCUT2D eigenvalue weighted by Gasteiger charge is -2.21. The number of benzene rings is 1. The van der Waals surface area contributed by atoms with Crippen molar-refractivity contribution in [2.45, 2.75) is 25.4 Å². The molecule has 12 heteroatoms. The molecule has 0 spiro atoms. The molecule has 34 heavy (non-hydrogen) atoms. The number of carbonyl (C=O) groups is 2. The summed E-state index contributed by atoms with van der Waals surface area (Å²) in [7, 11) is 1.85. The van der Waals surface area contributed by atoms with Gasteiger partial charge in [0, 0.05) is 31.3 Å². The quantitative estimate of drug-likeness (QED) is 0.512. The van der Waals surface area contributed by atoms with Gasteiger partial charge in [0.1, 0.15) is 5.76 Å². The molecule has 0 bridgehead atoms. The predicted molar refractivity (Wildman–Crippen MR) is 116 cm³/mol. The number of hydrogen-bond donors (Lipinski definition) is 3. The van der Waals surface area contributed by atoms with Crippen LogP contribution < -0.4 is 10.6 Å². The number of aromatic nitrogens is 3. The van der Waals surface area contributed by atoms with Gasteiger partial charge in [0.15, 0.2) is 5.69 Å². The number of alkyl halides is 3. The van der Waals surface area contributed by atoms with Crippen LogP contribution in [0.2, 0.25) is 0 Å². The van der Waals surface area contributed by atoms with Gasteiger partial charge in [0.05, 0.1) is 5.69 Å². The molecule has 0 atom stereocenters. The number of piperidine rings is 1. The molecule has 0 radical (unpaired) electrons. The van der Waals surface area contributed by atoms with Crippen LogP contribution in [0.15, 0.2) is 47.1 Å². The average molecular weight is 479 g/mol. The Hall–Kier alpha value is -3.67. The third-order valence-electron chi connectivity index (χ3n) is 5.15. The highest BCUT2D eigenvalue weighted by atomic mass is 19.4. The zero-order valence-electron chi connectivity index (χ0n) is 18.3. The van der Waals surface area contributed by atoms with E-state index in [9.17, 15) is 18.0 Å². The topological polar surface area (TPSA) is 122 Å². The van der Waals surface area contributed by atoms with Crippen molar-refractivity contribution in [3.05, 3.63) is 54.0 Å². The molecule has 182 valence electrons.